The molecule has 0 aliphatic rings. The van der Waals surface area contributed by atoms with Crippen molar-refractivity contribution in [3.8, 4) is 5.75 Å². The van der Waals surface area contributed by atoms with Crippen LogP contribution in [-0.2, 0) is 6.42 Å². The van der Waals surface area contributed by atoms with Gasteiger partial charge in [-0.25, -0.2) is 0 Å². The van der Waals surface area contributed by atoms with Crippen LogP contribution in [0.3, 0.4) is 0 Å². The number of aryl methyl sites for hydroxylation is 2. The molecule has 0 aliphatic heterocycles. The Kier molecular flexibility index (Phi) is 7.38. The maximum Gasteiger partial charge on any atom is 0.265 e. The number of anilines is 1. The highest BCUT2D eigenvalue weighted by molar-refractivity contribution is 7.14. The fourth-order valence-electron chi connectivity index (χ4n) is 1.99. The summed E-state index contributed by atoms with van der Waals surface area (Å²) in [6.07, 6.45) is 0.955. The Morgan fingerprint density at radius 3 is 2.55 bits per heavy atom. The van der Waals surface area contributed by atoms with E-state index in [9.17, 15) is 4.79 Å². The van der Waals surface area contributed by atoms with Crippen LogP contribution >= 0.6 is 23.7 Å². The molecule has 1 aromatic carbocycles. The summed E-state index contributed by atoms with van der Waals surface area (Å²) in [5.74, 6) is 0.678. The summed E-state index contributed by atoms with van der Waals surface area (Å²) in [5.41, 5.74) is 7.31. The van der Waals surface area contributed by atoms with Crippen molar-refractivity contribution in [2.75, 3.05) is 18.5 Å². The molecule has 3 N–H and O–H groups in total. The summed E-state index contributed by atoms with van der Waals surface area (Å²) in [7, 11) is 0. The van der Waals surface area contributed by atoms with Crippen LogP contribution in [0.5, 0.6) is 5.75 Å². The van der Waals surface area contributed by atoms with Gasteiger partial charge in [-0.05, 0) is 49.2 Å². The topological polar surface area (TPSA) is 64.3 Å². The van der Waals surface area contributed by atoms with Crippen molar-refractivity contribution >= 4 is 35.3 Å². The minimum atomic E-state index is -0.0709. The van der Waals surface area contributed by atoms with Gasteiger partial charge < -0.3 is 15.8 Å². The second kappa shape index (κ2) is 8.78. The molecule has 0 atom stereocenters. The molecule has 2 rings (SSSR count). The van der Waals surface area contributed by atoms with Crippen molar-refractivity contribution < 1.29 is 9.53 Å². The van der Waals surface area contributed by atoms with Gasteiger partial charge in [-0.2, -0.15) is 0 Å². The number of hydrogen-bond donors (Lipinski definition) is 2. The highest BCUT2D eigenvalue weighted by Crippen LogP contribution is 2.24. The van der Waals surface area contributed by atoms with Crippen LogP contribution in [0.4, 0.5) is 5.69 Å². The molecule has 0 spiro atoms. The minimum Gasteiger partial charge on any atom is -0.492 e. The van der Waals surface area contributed by atoms with Crippen LogP contribution in [0, 0.1) is 6.92 Å². The quantitative estimate of drug-likeness (QED) is 0.844. The lowest BCUT2D eigenvalue weighted by Crippen LogP contribution is -2.11. The highest BCUT2D eigenvalue weighted by Gasteiger charge is 2.11. The Morgan fingerprint density at radius 1 is 1.32 bits per heavy atom. The van der Waals surface area contributed by atoms with Crippen molar-refractivity contribution in [2.24, 2.45) is 5.73 Å². The number of nitrogens with one attached hydrogen (secondary N) is 1. The van der Waals surface area contributed by atoms with Gasteiger partial charge in [-0.15, -0.1) is 23.7 Å². The van der Waals surface area contributed by atoms with Gasteiger partial charge in [0.2, 0.25) is 0 Å². The van der Waals surface area contributed by atoms with Crippen molar-refractivity contribution in [2.45, 2.75) is 20.3 Å². The van der Waals surface area contributed by atoms with E-state index in [0.29, 0.717) is 13.2 Å². The van der Waals surface area contributed by atoms with Crippen LogP contribution in [0.2, 0.25) is 0 Å². The van der Waals surface area contributed by atoms with Crippen LogP contribution in [-0.4, -0.2) is 19.1 Å². The first-order valence-electron chi connectivity index (χ1n) is 6.97. The Morgan fingerprint density at radius 2 is 2.00 bits per heavy atom. The number of benzene rings is 1. The normalized spacial score (nSPS) is 9.95. The molecule has 0 bridgehead atoms. The van der Waals surface area contributed by atoms with E-state index in [1.54, 1.807) is 11.3 Å². The summed E-state index contributed by atoms with van der Waals surface area (Å²) in [4.78, 5) is 14.2. The first kappa shape index (κ1) is 18.5. The van der Waals surface area contributed by atoms with E-state index in [2.05, 4.69) is 12.2 Å². The average molecular weight is 341 g/mol. The van der Waals surface area contributed by atoms with E-state index in [4.69, 9.17) is 10.5 Å². The molecule has 0 saturated carbocycles. The average Bonchev–Trinajstić information content (AvgIpc) is 2.88. The smallest absolute Gasteiger partial charge is 0.265 e. The van der Waals surface area contributed by atoms with Gasteiger partial charge in [0.05, 0.1) is 4.88 Å². The SMILES string of the molecule is CCc1sc(C(=O)Nc2ccc(OCCN)cc2)cc1C.Cl. The molecule has 1 amide bonds. The lowest BCUT2D eigenvalue weighted by molar-refractivity contribution is 0.103. The van der Waals surface area contributed by atoms with E-state index in [-0.39, 0.29) is 18.3 Å². The largest absolute Gasteiger partial charge is 0.492 e. The third-order valence-electron chi connectivity index (χ3n) is 3.06. The Balaban J connectivity index is 0.00000242. The lowest BCUT2D eigenvalue weighted by atomic mass is 10.2. The van der Waals surface area contributed by atoms with Gasteiger partial charge in [0, 0.05) is 17.1 Å². The number of hydrogen-bond acceptors (Lipinski definition) is 4. The summed E-state index contributed by atoms with van der Waals surface area (Å²) >= 11 is 1.55. The maximum atomic E-state index is 12.2. The molecule has 0 radical (unpaired) electrons. The first-order chi connectivity index (χ1) is 10.1. The van der Waals surface area contributed by atoms with E-state index < -0.39 is 0 Å². The predicted molar refractivity (Wildman–Crippen MR) is 94.6 cm³/mol. The molecule has 0 fully saturated rings. The minimum absolute atomic E-state index is 0. The van der Waals surface area contributed by atoms with Crippen LogP contribution in [0.1, 0.15) is 27.0 Å². The Hall–Kier alpha value is -1.56. The van der Waals surface area contributed by atoms with Crippen molar-refractivity contribution in [1.82, 2.24) is 0 Å². The molecule has 0 unspecified atom stereocenters. The number of halogens is 1. The van der Waals surface area contributed by atoms with E-state index in [1.807, 2.05) is 37.3 Å². The molecule has 120 valence electrons. The molecule has 0 saturated heterocycles. The number of rotatable bonds is 6. The number of carbonyl (C=O) groups excluding carboxylic acids is 1. The third-order valence-corrected chi connectivity index (χ3v) is 4.44. The zero-order valence-electron chi connectivity index (χ0n) is 12.7. The van der Waals surface area contributed by atoms with Crippen molar-refractivity contribution in [3.05, 3.63) is 45.6 Å². The molecule has 2 aromatic rings. The number of carbonyl (C=O) groups is 1. The van der Waals surface area contributed by atoms with Gasteiger partial charge in [-0.3, -0.25) is 4.79 Å². The fourth-order valence-corrected chi connectivity index (χ4v) is 3.00. The van der Waals surface area contributed by atoms with Gasteiger partial charge in [0.25, 0.3) is 5.91 Å². The zero-order chi connectivity index (χ0) is 15.2. The number of nitrogens with two attached hydrogens (primary N) is 1. The lowest BCUT2D eigenvalue weighted by Gasteiger charge is -2.06. The standard InChI is InChI=1S/C16H20N2O2S.ClH/c1-3-14-11(2)10-15(21-14)16(19)18-12-4-6-13(7-5-12)20-9-8-17;/h4-7,10H,3,8-9,17H2,1-2H3,(H,18,19);1H. The van der Waals surface area contributed by atoms with Gasteiger partial charge in [-0.1, -0.05) is 6.92 Å². The molecular formula is C16H21ClN2O2S. The Bertz CT molecular complexity index is 611. The molecule has 4 nitrogen and oxygen atoms in total. The molecule has 22 heavy (non-hydrogen) atoms. The molecule has 6 heteroatoms. The van der Waals surface area contributed by atoms with E-state index in [1.165, 1.54) is 10.4 Å². The second-order valence-corrected chi connectivity index (χ2v) is 5.82. The molecule has 0 aliphatic carbocycles. The number of thiophene rings is 1. The van der Waals surface area contributed by atoms with E-state index in [0.717, 1.165) is 22.7 Å². The van der Waals surface area contributed by atoms with Gasteiger partial charge in [0.1, 0.15) is 12.4 Å². The summed E-state index contributed by atoms with van der Waals surface area (Å²) in [6.45, 7) is 5.10. The number of ether oxygens (including phenoxy) is 1. The molecule has 1 heterocycles. The third kappa shape index (κ3) is 4.73. The fraction of sp³-hybridized carbons (Fsp3) is 0.312. The summed E-state index contributed by atoms with van der Waals surface area (Å²) in [6, 6.07) is 9.23. The number of amides is 1. The maximum absolute atomic E-state index is 12.2. The molecular weight excluding hydrogens is 320 g/mol. The first-order valence-corrected chi connectivity index (χ1v) is 7.79. The van der Waals surface area contributed by atoms with Crippen molar-refractivity contribution in [1.29, 1.82) is 0 Å². The summed E-state index contributed by atoms with van der Waals surface area (Å²) < 4.78 is 5.40. The van der Waals surface area contributed by atoms with Crippen LogP contribution in [0.15, 0.2) is 30.3 Å². The van der Waals surface area contributed by atoms with Crippen LogP contribution < -0.4 is 15.8 Å². The second-order valence-electron chi connectivity index (χ2n) is 4.69. The van der Waals surface area contributed by atoms with Gasteiger partial charge in [0.15, 0.2) is 0 Å². The zero-order valence-corrected chi connectivity index (χ0v) is 14.4. The van der Waals surface area contributed by atoms with E-state index >= 15 is 0 Å². The summed E-state index contributed by atoms with van der Waals surface area (Å²) in [5, 5.41) is 2.90. The Labute approximate surface area is 141 Å². The predicted octanol–water partition coefficient (Wildman–Crippen LogP) is 3.63. The van der Waals surface area contributed by atoms with Crippen molar-refractivity contribution in [3.63, 3.8) is 0 Å². The highest BCUT2D eigenvalue weighted by atomic mass is 35.5. The van der Waals surface area contributed by atoms with Gasteiger partial charge >= 0.3 is 0 Å². The van der Waals surface area contributed by atoms with Crippen LogP contribution in [0.25, 0.3) is 0 Å². The monoisotopic (exact) mass is 340 g/mol. The molecule has 1 aromatic heterocycles.